The quantitative estimate of drug-likeness (QED) is 0.865. The molecule has 0 aliphatic heterocycles. The molecule has 4 aliphatic rings. The average Bonchev–Trinajstić information content (AvgIpc) is 2.89. The van der Waals surface area contributed by atoms with Crippen LogP contribution in [-0.2, 0) is 6.42 Å². The molecule has 0 amide bonds. The normalized spacial score (nSPS) is 40.1. The van der Waals surface area contributed by atoms with Gasteiger partial charge >= 0.3 is 0 Å². The second-order valence-electron chi connectivity index (χ2n) is 7.85. The summed E-state index contributed by atoms with van der Waals surface area (Å²) in [5, 5.41) is 3.56. The van der Waals surface area contributed by atoms with Gasteiger partial charge < -0.3 is 10.3 Å². The fraction of sp³-hybridized carbons (Fsp3) is 0.824. The van der Waals surface area contributed by atoms with Crippen LogP contribution in [0.15, 0.2) is 12.4 Å². The van der Waals surface area contributed by atoms with Crippen LogP contribution in [-0.4, -0.2) is 23.1 Å². The lowest BCUT2D eigenvalue weighted by Crippen LogP contribution is -2.49. The number of H-pyrrole nitrogens is 1. The van der Waals surface area contributed by atoms with Crippen LogP contribution < -0.4 is 5.32 Å². The maximum absolute atomic E-state index is 4.40. The van der Waals surface area contributed by atoms with E-state index in [4.69, 9.17) is 0 Å². The summed E-state index contributed by atoms with van der Waals surface area (Å²) < 4.78 is 0. The number of aromatic nitrogens is 2. The molecule has 4 fully saturated rings. The van der Waals surface area contributed by atoms with Gasteiger partial charge in [-0.3, -0.25) is 0 Å². The van der Waals surface area contributed by atoms with Crippen LogP contribution in [0.25, 0.3) is 0 Å². The van der Waals surface area contributed by atoms with Gasteiger partial charge in [-0.05, 0) is 75.2 Å². The minimum atomic E-state index is 0.581. The SMILES string of the molecule is CNC(Cc1ncc[nH]1)CC12CC3CC(CC(C3)C1)C2. The van der Waals surface area contributed by atoms with Crippen molar-refractivity contribution in [3.8, 4) is 0 Å². The molecule has 1 aromatic rings. The molecule has 4 aliphatic carbocycles. The molecule has 1 atom stereocenters. The van der Waals surface area contributed by atoms with Gasteiger partial charge in [0.05, 0.1) is 0 Å². The van der Waals surface area contributed by atoms with E-state index in [2.05, 4.69) is 22.3 Å². The number of likely N-dealkylation sites (N-methyl/N-ethyl adjacent to an activating group) is 1. The second-order valence-corrected chi connectivity index (χ2v) is 7.85. The molecule has 3 nitrogen and oxygen atoms in total. The van der Waals surface area contributed by atoms with Crippen molar-refractivity contribution in [2.24, 2.45) is 23.2 Å². The Morgan fingerprint density at radius 3 is 2.40 bits per heavy atom. The molecule has 1 unspecified atom stereocenters. The highest BCUT2D eigenvalue weighted by molar-refractivity contribution is 5.03. The molecule has 2 N–H and O–H groups in total. The Morgan fingerprint density at radius 2 is 1.90 bits per heavy atom. The van der Waals surface area contributed by atoms with Crippen LogP contribution in [0.1, 0.15) is 50.8 Å². The summed E-state index contributed by atoms with van der Waals surface area (Å²) in [7, 11) is 2.12. The van der Waals surface area contributed by atoms with Gasteiger partial charge in [0.1, 0.15) is 5.82 Å². The van der Waals surface area contributed by atoms with Gasteiger partial charge in [-0.2, -0.15) is 0 Å². The van der Waals surface area contributed by atoms with E-state index in [1.54, 1.807) is 19.3 Å². The van der Waals surface area contributed by atoms with Crippen molar-refractivity contribution in [2.45, 2.75) is 57.4 Å². The van der Waals surface area contributed by atoms with Crippen molar-refractivity contribution in [3.05, 3.63) is 18.2 Å². The first-order chi connectivity index (χ1) is 9.75. The molecular weight excluding hydrogens is 246 g/mol. The van der Waals surface area contributed by atoms with Gasteiger partial charge in [0.15, 0.2) is 0 Å². The van der Waals surface area contributed by atoms with Gasteiger partial charge in [0, 0.05) is 24.9 Å². The van der Waals surface area contributed by atoms with Crippen LogP contribution in [0.2, 0.25) is 0 Å². The van der Waals surface area contributed by atoms with Crippen LogP contribution in [0.5, 0.6) is 0 Å². The minimum Gasteiger partial charge on any atom is -0.349 e. The first-order valence-corrected chi connectivity index (χ1v) is 8.40. The van der Waals surface area contributed by atoms with Crippen molar-refractivity contribution in [3.63, 3.8) is 0 Å². The zero-order chi connectivity index (χ0) is 13.6. The van der Waals surface area contributed by atoms with Crippen molar-refractivity contribution < 1.29 is 0 Å². The van der Waals surface area contributed by atoms with Gasteiger partial charge in [0.25, 0.3) is 0 Å². The van der Waals surface area contributed by atoms with E-state index in [0.29, 0.717) is 11.5 Å². The lowest BCUT2D eigenvalue weighted by Gasteiger charge is -2.57. The highest BCUT2D eigenvalue weighted by atomic mass is 14.9. The van der Waals surface area contributed by atoms with E-state index in [1.165, 1.54) is 25.7 Å². The molecular formula is C17H27N3. The third kappa shape index (κ3) is 2.30. The molecule has 0 spiro atoms. The standard InChI is InChI=1S/C17H27N3/c1-18-15(7-16-19-2-3-20-16)11-17-8-12-4-13(9-17)6-14(5-12)10-17/h2-3,12-15,18H,4-11H2,1H3,(H,19,20). The predicted molar refractivity (Wildman–Crippen MR) is 80.4 cm³/mol. The fourth-order valence-corrected chi connectivity index (χ4v) is 5.98. The van der Waals surface area contributed by atoms with Gasteiger partial charge in [0.2, 0.25) is 0 Å². The fourth-order valence-electron chi connectivity index (χ4n) is 5.98. The van der Waals surface area contributed by atoms with E-state index >= 15 is 0 Å². The first-order valence-electron chi connectivity index (χ1n) is 8.40. The zero-order valence-electron chi connectivity index (χ0n) is 12.6. The molecule has 20 heavy (non-hydrogen) atoms. The lowest BCUT2D eigenvalue weighted by atomic mass is 9.48. The summed E-state index contributed by atoms with van der Waals surface area (Å²) in [5.74, 6) is 4.31. The Labute approximate surface area is 122 Å². The third-order valence-corrected chi connectivity index (χ3v) is 6.25. The first kappa shape index (κ1) is 12.9. The molecule has 110 valence electrons. The maximum Gasteiger partial charge on any atom is 0.107 e. The topological polar surface area (TPSA) is 40.7 Å². The number of rotatable bonds is 5. The summed E-state index contributed by atoms with van der Waals surface area (Å²) in [4.78, 5) is 7.66. The van der Waals surface area contributed by atoms with E-state index in [9.17, 15) is 0 Å². The van der Waals surface area contributed by atoms with Crippen LogP contribution in [0.3, 0.4) is 0 Å². The number of aromatic amines is 1. The minimum absolute atomic E-state index is 0.581. The molecule has 0 aromatic carbocycles. The van der Waals surface area contributed by atoms with Crippen LogP contribution in [0.4, 0.5) is 0 Å². The van der Waals surface area contributed by atoms with Crippen LogP contribution >= 0.6 is 0 Å². The predicted octanol–water partition coefficient (Wildman–Crippen LogP) is 3.15. The molecule has 3 heteroatoms. The van der Waals surface area contributed by atoms with Crippen molar-refractivity contribution in [2.75, 3.05) is 7.05 Å². The summed E-state index contributed by atoms with van der Waals surface area (Å²) in [6.07, 6.45) is 15.4. The number of nitrogens with zero attached hydrogens (tertiary/aromatic N) is 1. The monoisotopic (exact) mass is 273 g/mol. The summed E-state index contributed by atoms with van der Waals surface area (Å²) in [5.41, 5.74) is 0.662. The Balaban J connectivity index is 1.46. The van der Waals surface area contributed by atoms with Crippen molar-refractivity contribution in [1.29, 1.82) is 0 Å². The Bertz CT molecular complexity index is 416. The molecule has 5 rings (SSSR count). The lowest BCUT2D eigenvalue weighted by molar-refractivity contribution is -0.0617. The molecule has 4 saturated carbocycles. The van der Waals surface area contributed by atoms with Crippen molar-refractivity contribution >= 4 is 0 Å². The van der Waals surface area contributed by atoms with E-state index in [-0.39, 0.29) is 0 Å². The molecule has 0 saturated heterocycles. The average molecular weight is 273 g/mol. The summed E-state index contributed by atoms with van der Waals surface area (Å²) >= 11 is 0. The zero-order valence-corrected chi connectivity index (χ0v) is 12.6. The smallest absolute Gasteiger partial charge is 0.107 e. The second kappa shape index (κ2) is 4.87. The highest BCUT2D eigenvalue weighted by Crippen LogP contribution is 2.61. The van der Waals surface area contributed by atoms with Crippen molar-refractivity contribution in [1.82, 2.24) is 15.3 Å². The maximum atomic E-state index is 4.40. The highest BCUT2D eigenvalue weighted by Gasteiger charge is 2.51. The van der Waals surface area contributed by atoms with Crippen LogP contribution in [0, 0.1) is 23.2 Å². The molecule has 1 heterocycles. The molecule has 0 radical (unpaired) electrons. The Hall–Kier alpha value is -0.830. The largest absolute Gasteiger partial charge is 0.349 e. The van der Waals surface area contributed by atoms with Gasteiger partial charge in [-0.1, -0.05) is 0 Å². The summed E-state index contributed by atoms with van der Waals surface area (Å²) in [6, 6.07) is 0.581. The third-order valence-electron chi connectivity index (χ3n) is 6.25. The number of hydrogen-bond acceptors (Lipinski definition) is 2. The molecule has 4 bridgehead atoms. The number of hydrogen-bond donors (Lipinski definition) is 2. The van der Waals surface area contributed by atoms with Gasteiger partial charge in [-0.15, -0.1) is 0 Å². The van der Waals surface area contributed by atoms with E-state index in [0.717, 1.165) is 30.0 Å². The molecule has 1 aromatic heterocycles. The number of nitrogens with one attached hydrogen (secondary N) is 2. The Kier molecular flexibility index (Phi) is 3.13. The van der Waals surface area contributed by atoms with E-state index in [1.807, 2.05) is 12.4 Å². The van der Waals surface area contributed by atoms with E-state index < -0.39 is 0 Å². The number of imidazole rings is 1. The summed E-state index contributed by atoms with van der Waals surface area (Å²) in [6.45, 7) is 0. The Morgan fingerprint density at radius 1 is 1.25 bits per heavy atom. The van der Waals surface area contributed by atoms with Gasteiger partial charge in [-0.25, -0.2) is 4.98 Å².